The van der Waals surface area contributed by atoms with Crippen molar-refractivity contribution < 1.29 is 0 Å². The second-order valence-corrected chi connectivity index (χ2v) is 3.53. The number of allylic oxidation sites excluding steroid dienone is 2. The first-order valence-electron chi connectivity index (χ1n) is 4.50. The Bertz CT molecular complexity index is 496. The maximum absolute atomic E-state index is 11.0. The van der Waals surface area contributed by atoms with Gasteiger partial charge in [-0.15, -0.1) is 0 Å². The van der Waals surface area contributed by atoms with Crippen LogP contribution in [0, 0.1) is 5.92 Å². The van der Waals surface area contributed by atoms with Gasteiger partial charge in [0, 0.05) is 6.08 Å². The number of imidazole rings is 1. The minimum atomic E-state index is -0.234. The van der Waals surface area contributed by atoms with Crippen LogP contribution in [0.15, 0.2) is 21.4 Å². The summed E-state index contributed by atoms with van der Waals surface area (Å²) < 4.78 is 0. The largest absolute Gasteiger partial charge is 0.325 e. The Hall–Kier alpha value is -1.80. The Morgan fingerprint density at radius 1 is 1.43 bits per heavy atom. The van der Waals surface area contributed by atoms with Crippen molar-refractivity contribution in [2.45, 2.75) is 13.8 Å². The Kier molecular flexibility index (Phi) is 1.98. The fourth-order valence-corrected chi connectivity index (χ4v) is 1.29. The zero-order valence-corrected chi connectivity index (χ0v) is 8.09. The number of aliphatic imine (C=N–C) groups is 1. The third kappa shape index (κ3) is 1.47. The van der Waals surface area contributed by atoms with Crippen molar-refractivity contribution in [2.24, 2.45) is 10.9 Å². The molecule has 2 heterocycles. The number of aromatic amines is 2. The van der Waals surface area contributed by atoms with E-state index in [1.165, 1.54) is 0 Å². The van der Waals surface area contributed by atoms with Crippen LogP contribution in [0.3, 0.4) is 0 Å². The van der Waals surface area contributed by atoms with Crippen molar-refractivity contribution in [3.05, 3.63) is 27.8 Å². The summed E-state index contributed by atoms with van der Waals surface area (Å²) in [5, 5.41) is 0. The molecule has 14 heavy (non-hydrogen) atoms. The summed E-state index contributed by atoms with van der Waals surface area (Å²) in [4.78, 5) is 20.3. The van der Waals surface area contributed by atoms with Crippen LogP contribution >= 0.6 is 0 Å². The summed E-state index contributed by atoms with van der Waals surface area (Å²) in [7, 11) is 0. The van der Waals surface area contributed by atoms with E-state index in [4.69, 9.17) is 0 Å². The molecule has 2 rings (SSSR count). The summed E-state index contributed by atoms with van der Waals surface area (Å²) in [6.45, 7) is 4.17. The minimum absolute atomic E-state index is 0.234. The first-order valence-corrected chi connectivity index (χ1v) is 4.50. The van der Waals surface area contributed by atoms with Gasteiger partial charge in [0.15, 0.2) is 5.82 Å². The molecule has 0 saturated heterocycles. The highest BCUT2D eigenvalue weighted by Gasteiger charge is 2.08. The number of nitrogens with zero attached hydrogens (tertiary/aromatic N) is 1. The predicted octanol–water partition coefficient (Wildman–Crippen LogP) is 1.61. The fourth-order valence-electron chi connectivity index (χ4n) is 1.29. The van der Waals surface area contributed by atoms with Crippen molar-refractivity contribution in [1.82, 2.24) is 9.97 Å². The molecule has 72 valence electrons. The molecule has 0 unspecified atom stereocenters. The number of hydrogen-bond acceptors (Lipinski definition) is 2. The number of nitrogens with one attached hydrogen (secondary N) is 2. The lowest BCUT2D eigenvalue weighted by molar-refractivity contribution is 0.799. The van der Waals surface area contributed by atoms with E-state index >= 15 is 0 Å². The lowest BCUT2D eigenvalue weighted by Gasteiger charge is -2.02. The van der Waals surface area contributed by atoms with Crippen molar-refractivity contribution in [3.63, 3.8) is 0 Å². The Labute approximate surface area is 81.1 Å². The van der Waals surface area contributed by atoms with E-state index in [1.54, 1.807) is 0 Å². The van der Waals surface area contributed by atoms with E-state index in [0.717, 1.165) is 11.3 Å². The number of fused-ring (bicyclic) bond motifs is 1. The molecule has 1 aromatic heterocycles. The molecule has 0 amide bonds. The topological polar surface area (TPSA) is 61.0 Å². The van der Waals surface area contributed by atoms with Crippen molar-refractivity contribution in [3.8, 4) is 0 Å². The van der Waals surface area contributed by atoms with E-state index in [9.17, 15) is 4.79 Å². The predicted molar refractivity (Wildman–Crippen MR) is 55.9 cm³/mol. The SMILES string of the molecule is CC(C)C1=Cc2[nH]c(=O)[nH]c2N=C=C1. The summed E-state index contributed by atoms with van der Waals surface area (Å²) >= 11 is 0. The highest BCUT2D eigenvalue weighted by atomic mass is 16.1. The molecule has 0 aliphatic carbocycles. The van der Waals surface area contributed by atoms with Gasteiger partial charge in [-0.25, -0.2) is 4.79 Å². The van der Waals surface area contributed by atoms with E-state index in [1.807, 2.05) is 12.2 Å². The Morgan fingerprint density at radius 2 is 2.21 bits per heavy atom. The van der Waals surface area contributed by atoms with E-state index < -0.39 is 0 Å². The molecule has 0 bridgehead atoms. The van der Waals surface area contributed by atoms with Crippen LogP contribution in [-0.4, -0.2) is 15.8 Å². The number of rotatable bonds is 1. The maximum Gasteiger partial charge on any atom is 0.325 e. The van der Waals surface area contributed by atoms with Crippen LogP contribution in [0.2, 0.25) is 0 Å². The first kappa shape index (κ1) is 8.78. The molecule has 4 nitrogen and oxygen atoms in total. The molecular formula is C10H11N3O. The van der Waals surface area contributed by atoms with Gasteiger partial charge in [0.05, 0.1) is 5.69 Å². The highest BCUT2D eigenvalue weighted by molar-refractivity contribution is 5.73. The van der Waals surface area contributed by atoms with Gasteiger partial charge in [-0.05, 0) is 23.4 Å². The van der Waals surface area contributed by atoms with Gasteiger partial charge >= 0.3 is 5.69 Å². The van der Waals surface area contributed by atoms with E-state index in [0.29, 0.717) is 11.7 Å². The molecule has 1 aliphatic rings. The highest BCUT2D eigenvalue weighted by Crippen LogP contribution is 2.21. The zero-order chi connectivity index (χ0) is 10.1. The lowest BCUT2D eigenvalue weighted by atomic mass is 10.0. The number of hydrogen-bond donors (Lipinski definition) is 2. The Balaban J connectivity index is 2.60. The third-order valence-corrected chi connectivity index (χ3v) is 2.12. The quantitative estimate of drug-likeness (QED) is 0.692. The first-order chi connectivity index (χ1) is 6.66. The maximum atomic E-state index is 11.0. The normalized spacial score (nSPS) is 14.1. The summed E-state index contributed by atoms with van der Waals surface area (Å²) in [5.41, 5.74) is 1.59. The Morgan fingerprint density at radius 3 is 2.93 bits per heavy atom. The molecule has 0 spiro atoms. The van der Waals surface area contributed by atoms with Gasteiger partial charge in [0.1, 0.15) is 0 Å². The molecule has 0 atom stereocenters. The van der Waals surface area contributed by atoms with E-state index in [-0.39, 0.29) is 5.69 Å². The van der Waals surface area contributed by atoms with Crippen molar-refractivity contribution >= 4 is 17.8 Å². The molecular weight excluding hydrogens is 178 g/mol. The molecule has 1 aromatic rings. The van der Waals surface area contributed by atoms with Crippen LogP contribution in [0.25, 0.3) is 6.08 Å². The second-order valence-electron chi connectivity index (χ2n) is 3.53. The summed E-state index contributed by atoms with van der Waals surface area (Å²) in [6, 6.07) is 0. The molecule has 0 saturated carbocycles. The van der Waals surface area contributed by atoms with Gasteiger partial charge in [-0.2, -0.15) is 4.99 Å². The van der Waals surface area contributed by atoms with Crippen LogP contribution in [0.1, 0.15) is 19.5 Å². The smallest absolute Gasteiger partial charge is 0.304 e. The van der Waals surface area contributed by atoms with Crippen LogP contribution in [0.4, 0.5) is 5.82 Å². The standard InChI is InChI=1S/C10H11N3O/c1-6(2)7-3-4-11-9-8(5-7)12-10(14)13-9/h3,5-6H,1-2H3,(H2,12,13,14). The molecule has 1 aliphatic heterocycles. The minimum Gasteiger partial charge on any atom is -0.304 e. The molecule has 0 fully saturated rings. The van der Waals surface area contributed by atoms with Crippen LogP contribution < -0.4 is 5.69 Å². The van der Waals surface area contributed by atoms with Gasteiger partial charge in [0.25, 0.3) is 0 Å². The van der Waals surface area contributed by atoms with Gasteiger partial charge < -0.3 is 4.98 Å². The average Bonchev–Trinajstić information content (AvgIpc) is 2.32. The van der Waals surface area contributed by atoms with Crippen molar-refractivity contribution in [1.29, 1.82) is 0 Å². The summed E-state index contributed by atoms with van der Waals surface area (Å²) in [5.74, 6) is 3.72. The monoisotopic (exact) mass is 189 g/mol. The molecule has 4 heteroatoms. The lowest BCUT2D eigenvalue weighted by Crippen LogP contribution is -2.00. The zero-order valence-electron chi connectivity index (χ0n) is 8.09. The van der Waals surface area contributed by atoms with Gasteiger partial charge in [-0.1, -0.05) is 13.8 Å². The van der Waals surface area contributed by atoms with Crippen LogP contribution in [-0.2, 0) is 0 Å². The number of H-pyrrole nitrogens is 2. The molecule has 2 N–H and O–H groups in total. The van der Waals surface area contributed by atoms with Crippen molar-refractivity contribution in [2.75, 3.05) is 0 Å². The molecule has 0 radical (unpaired) electrons. The van der Waals surface area contributed by atoms with E-state index in [2.05, 4.69) is 34.7 Å². The van der Waals surface area contributed by atoms with Gasteiger partial charge in [0.2, 0.25) is 0 Å². The fraction of sp³-hybridized carbons (Fsp3) is 0.300. The van der Waals surface area contributed by atoms with Gasteiger partial charge in [-0.3, -0.25) is 4.98 Å². The number of aromatic nitrogens is 2. The van der Waals surface area contributed by atoms with Crippen LogP contribution in [0.5, 0.6) is 0 Å². The average molecular weight is 189 g/mol. The third-order valence-electron chi connectivity index (χ3n) is 2.12. The summed E-state index contributed by atoms with van der Waals surface area (Å²) in [6.07, 6.45) is 3.75. The molecule has 0 aromatic carbocycles. The second kappa shape index (κ2) is 3.16.